The summed E-state index contributed by atoms with van der Waals surface area (Å²) in [6.07, 6.45) is 5.78. The molecular formula is C14H24N2O2. The van der Waals surface area contributed by atoms with Crippen LogP contribution in [0.4, 0.5) is 0 Å². The highest BCUT2D eigenvalue weighted by Gasteiger charge is 2.41. The summed E-state index contributed by atoms with van der Waals surface area (Å²) in [4.78, 5) is 22.4. The quantitative estimate of drug-likeness (QED) is 0.778. The van der Waals surface area contributed by atoms with E-state index in [0.717, 1.165) is 11.8 Å². The lowest BCUT2D eigenvalue weighted by Gasteiger charge is -2.28. The van der Waals surface area contributed by atoms with E-state index in [1.807, 2.05) is 0 Å². The number of nitrogens with one attached hydrogen (secondary N) is 2. The molecule has 0 aliphatic heterocycles. The third-order valence-corrected chi connectivity index (χ3v) is 4.55. The van der Waals surface area contributed by atoms with Crippen molar-refractivity contribution in [1.82, 2.24) is 10.6 Å². The number of hydrogen-bond donors (Lipinski definition) is 2. The summed E-state index contributed by atoms with van der Waals surface area (Å²) in [6.45, 7) is 4.03. The van der Waals surface area contributed by atoms with Gasteiger partial charge in [0.2, 0.25) is 11.8 Å². The van der Waals surface area contributed by atoms with E-state index in [2.05, 4.69) is 17.6 Å². The summed E-state index contributed by atoms with van der Waals surface area (Å²) in [5, 5.41) is 5.74. The Balaban J connectivity index is 1.69. The lowest BCUT2D eigenvalue weighted by Crippen LogP contribution is -2.41. The zero-order chi connectivity index (χ0) is 13.1. The lowest BCUT2D eigenvalue weighted by molar-refractivity contribution is -0.122. The molecule has 2 bridgehead atoms. The molecule has 0 saturated heterocycles. The fourth-order valence-electron chi connectivity index (χ4n) is 3.69. The zero-order valence-corrected chi connectivity index (χ0v) is 11.4. The van der Waals surface area contributed by atoms with Crippen LogP contribution in [0.5, 0.6) is 0 Å². The van der Waals surface area contributed by atoms with Crippen molar-refractivity contribution in [3.05, 3.63) is 0 Å². The molecule has 2 aliphatic carbocycles. The Morgan fingerprint density at radius 2 is 2.06 bits per heavy atom. The van der Waals surface area contributed by atoms with Gasteiger partial charge < -0.3 is 10.6 Å². The molecule has 0 aromatic carbocycles. The lowest BCUT2D eigenvalue weighted by atomic mass is 9.84. The van der Waals surface area contributed by atoms with Crippen LogP contribution in [0.15, 0.2) is 0 Å². The third-order valence-electron chi connectivity index (χ3n) is 4.55. The molecule has 4 atom stereocenters. The second kappa shape index (κ2) is 5.72. The van der Waals surface area contributed by atoms with Gasteiger partial charge in [-0.15, -0.1) is 0 Å². The average Bonchev–Trinajstić information content (AvgIpc) is 2.89. The molecule has 0 spiro atoms. The van der Waals surface area contributed by atoms with Crippen LogP contribution in [-0.4, -0.2) is 24.4 Å². The number of fused-ring (bicyclic) bond motifs is 2. The largest absolute Gasteiger partial charge is 0.356 e. The maximum atomic E-state index is 11.7. The van der Waals surface area contributed by atoms with Crippen LogP contribution in [0.1, 0.15) is 46.0 Å². The van der Waals surface area contributed by atoms with E-state index in [1.54, 1.807) is 0 Å². The van der Waals surface area contributed by atoms with E-state index in [9.17, 15) is 9.59 Å². The second-order valence-electron chi connectivity index (χ2n) is 5.93. The molecule has 4 nitrogen and oxygen atoms in total. The van der Waals surface area contributed by atoms with Gasteiger partial charge in [-0.25, -0.2) is 0 Å². The minimum absolute atomic E-state index is 0.0547. The normalized spacial score (nSPS) is 31.1. The predicted octanol–water partition coefficient (Wildman–Crippen LogP) is 1.45. The Morgan fingerprint density at radius 1 is 1.28 bits per heavy atom. The number of carbonyl (C=O) groups is 2. The summed E-state index contributed by atoms with van der Waals surface area (Å²) in [6, 6.07) is 0.283. The SMILES string of the molecule is CC(=O)NCCC(=O)NC(C)C1CC2CCC1C2. The third kappa shape index (κ3) is 3.24. The van der Waals surface area contributed by atoms with Crippen molar-refractivity contribution >= 4 is 11.8 Å². The predicted molar refractivity (Wildman–Crippen MR) is 69.8 cm³/mol. The van der Waals surface area contributed by atoms with Crippen molar-refractivity contribution < 1.29 is 9.59 Å². The molecule has 2 saturated carbocycles. The van der Waals surface area contributed by atoms with E-state index in [0.29, 0.717) is 18.9 Å². The first-order valence-electron chi connectivity index (χ1n) is 7.10. The van der Waals surface area contributed by atoms with Crippen molar-refractivity contribution in [3.8, 4) is 0 Å². The van der Waals surface area contributed by atoms with Crippen molar-refractivity contribution in [2.45, 2.75) is 52.0 Å². The Bertz CT molecular complexity index is 330. The van der Waals surface area contributed by atoms with Crippen molar-refractivity contribution in [3.63, 3.8) is 0 Å². The molecule has 2 rings (SSSR count). The van der Waals surface area contributed by atoms with Gasteiger partial charge >= 0.3 is 0 Å². The maximum Gasteiger partial charge on any atom is 0.221 e. The van der Waals surface area contributed by atoms with Crippen LogP contribution in [0.3, 0.4) is 0 Å². The summed E-state index contributed by atoms with van der Waals surface area (Å²) in [5.41, 5.74) is 0. The highest BCUT2D eigenvalue weighted by Crippen LogP contribution is 2.49. The molecule has 0 heterocycles. The topological polar surface area (TPSA) is 58.2 Å². The van der Waals surface area contributed by atoms with Gasteiger partial charge in [0.1, 0.15) is 0 Å². The van der Waals surface area contributed by atoms with Crippen LogP contribution >= 0.6 is 0 Å². The number of carbonyl (C=O) groups excluding carboxylic acids is 2. The summed E-state index contributed by atoms with van der Waals surface area (Å²) in [5.74, 6) is 2.40. The number of hydrogen-bond acceptors (Lipinski definition) is 2. The highest BCUT2D eigenvalue weighted by atomic mass is 16.2. The van der Waals surface area contributed by atoms with Gasteiger partial charge in [0.15, 0.2) is 0 Å². The number of amides is 2. The van der Waals surface area contributed by atoms with Gasteiger partial charge in [-0.3, -0.25) is 9.59 Å². The van der Waals surface area contributed by atoms with Gasteiger partial charge in [-0.1, -0.05) is 6.42 Å². The molecular weight excluding hydrogens is 228 g/mol. The Morgan fingerprint density at radius 3 is 2.61 bits per heavy atom. The maximum absolute atomic E-state index is 11.7. The van der Waals surface area contributed by atoms with E-state index in [1.165, 1.54) is 32.6 Å². The van der Waals surface area contributed by atoms with Crippen LogP contribution in [0, 0.1) is 17.8 Å². The molecule has 2 N–H and O–H groups in total. The smallest absolute Gasteiger partial charge is 0.221 e. The molecule has 2 fully saturated rings. The van der Waals surface area contributed by atoms with E-state index < -0.39 is 0 Å². The minimum atomic E-state index is -0.0797. The molecule has 0 aromatic heterocycles. The fourth-order valence-corrected chi connectivity index (χ4v) is 3.69. The molecule has 0 aromatic rings. The average molecular weight is 252 g/mol. The van der Waals surface area contributed by atoms with E-state index >= 15 is 0 Å². The minimum Gasteiger partial charge on any atom is -0.356 e. The van der Waals surface area contributed by atoms with Crippen molar-refractivity contribution in [2.75, 3.05) is 6.54 Å². The standard InChI is InChI=1S/C14H24N2O2/c1-9(13-8-11-3-4-12(13)7-11)16-14(18)5-6-15-10(2)17/h9,11-13H,3-8H2,1-2H3,(H,15,17)(H,16,18). The van der Waals surface area contributed by atoms with Crippen LogP contribution in [-0.2, 0) is 9.59 Å². The van der Waals surface area contributed by atoms with E-state index in [-0.39, 0.29) is 17.9 Å². The van der Waals surface area contributed by atoms with Crippen LogP contribution < -0.4 is 10.6 Å². The Kier molecular flexibility index (Phi) is 4.25. The van der Waals surface area contributed by atoms with Gasteiger partial charge in [0.25, 0.3) is 0 Å². The summed E-state index contributed by atoms with van der Waals surface area (Å²) in [7, 11) is 0. The number of rotatable bonds is 5. The highest BCUT2D eigenvalue weighted by molar-refractivity contribution is 5.78. The van der Waals surface area contributed by atoms with Crippen LogP contribution in [0.2, 0.25) is 0 Å². The zero-order valence-electron chi connectivity index (χ0n) is 11.4. The molecule has 4 unspecified atom stereocenters. The molecule has 0 radical (unpaired) electrons. The molecule has 18 heavy (non-hydrogen) atoms. The van der Waals surface area contributed by atoms with Crippen molar-refractivity contribution in [2.24, 2.45) is 17.8 Å². The first-order valence-corrected chi connectivity index (χ1v) is 7.10. The van der Waals surface area contributed by atoms with Gasteiger partial charge in [0.05, 0.1) is 0 Å². The van der Waals surface area contributed by atoms with Gasteiger partial charge in [0, 0.05) is 25.9 Å². The molecule has 2 amide bonds. The van der Waals surface area contributed by atoms with E-state index in [4.69, 9.17) is 0 Å². The van der Waals surface area contributed by atoms with Gasteiger partial charge in [-0.05, 0) is 43.9 Å². The second-order valence-corrected chi connectivity index (χ2v) is 5.93. The van der Waals surface area contributed by atoms with Crippen LogP contribution in [0.25, 0.3) is 0 Å². The first kappa shape index (κ1) is 13.4. The first-order chi connectivity index (χ1) is 8.56. The van der Waals surface area contributed by atoms with Crippen molar-refractivity contribution in [1.29, 1.82) is 0 Å². The summed E-state index contributed by atoms with van der Waals surface area (Å²) >= 11 is 0. The Hall–Kier alpha value is -1.06. The molecule has 4 heteroatoms. The summed E-state index contributed by atoms with van der Waals surface area (Å²) < 4.78 is 0. The fraction of sp³-hybridized carbons (Fsp3) is 0.857. The van der Waals surface area contributed by atoms with Gasteiger partial charge in [-0.2, -0.15) is 0 Å². The Labute approximate surface area is 109 Å². The molecule has 2 aliphatic rings. The monoisotopic (exact) mass is 252 g/mol. The molecule has 102 valence electrons.